The van der Waals surface area contributed by atoms with E-state index in [0.717, 1.165) is 44.9 Å². The van der Waals surface area contributed by atoms with Gasteiger partial charge >= 0.3 is 13.8 Å². The van der Waals surface area contributed by atoms with E-state index in [1.807, 2.05) is 0 Å². The number of hydrogen-bond acceptors (Lipinski definition) is 7. The smallest absolute Gasteiger partial charge is 0.463 e. The van der Waals surface area contributed by atoms with Crippen LogP contribution < -0.4 is 5.32 Å². The molecule has 51 heavy (non-hydrogen) atoms. The first-order valence-corrected chi connectivity index (χ1v) is 22.3. The van der Waals surface area contributed by atoms with Crippen LogP contribution in [0.2, 0.25) is 0 Å². The fraction of sp³-hybridized carbons (Fsp3) is 0.854. The summed E-state index contributed by atoms with van der Waals surface area (Å²) in [4.78, 5) is 33.7. The number of ether oxygens (including phenoxy) is 1. The topological polar surface area (TPSA) is 131 Å². The van der Waals surface area contributed by atoms with Crippen LogP contribution >= 0.6 is 7.82 Å². The Kier molecular flexibility index (Phi) is 37.1. The number of aliphatic hydroxyl groups excluding tert-OH is 1. The Hall–Kier alpha value is -1.51. The SMILES string of the molecule is CCCCC/C=C\C/C=C\CCCCCCCCCCCCCCCC(=O)NCCOP(=O)(O)OCC(O)COC(=O)CCCCCCCCC. The molecule has 9 nitrogen and oxygen atoms in total. The van der Waals surface area contributed by atoms with Crippen molar-refractivity contribution < 1.29 is 37.9 Å². The number of esters is 1. The van der Waals surface area contributed by atoms with Gasteiger partial charge in [-0.3, -0.25) is 18.6 Å². The summed E-state index contributed by atoms with van der Waals surface area (Å²) in [5.41, 5.74) is 0. The number of phosphoric ester groups is 1. The van der Waals surface area contributed by atoms with Gasteiger partial charge in [-0.1, -0.05) is 160 Å². The number of rotatable bonds is 39. The lowest BCUT2D eigenvalue weighted by atomic mass is 10.0. The van der Waals surface area contributed by atoms with Crippen molar-refractivity contribution in [2.24, 2.45) is 0 Å². The predicted molar refractivity (Wildman–Crippen MR) is 211 cm³/mol. The Bertz CT molecular complexity index is 897. The molecule has 0 fully saturated rings. The molecule has 3 N–H and O–H groups in total. The molecule has 0 aromatic rings. The van der Waals surface area contributed by atoms with Gasteiger partial charge in [0.1, 0.15) is 12.7 Å². The summed E-state index contributed by atoms with van der Waals surface area (Å²) in [5.74, 6) is -0.520. The summed E-state index contributed by atoms with van der Waals surface area (Å²) in [6.45, 7) is 3.48. The van der Waals surface area contributed by atoms with Gasteiger partial charge < -0.3 is 20.1 Å². The number of allylic oxidation sites excluding steroid dienone is 4. The number of phosphoric acid groups is 1. The number of carbonyl (C=O) groups is 2. The highest BCUT2D eigenvalue weighted by atomic mass is 31.2. The Morgan fingerprint density at radius 2 is 1.06 bits per heavy atom. The van der Waals surface area contributed by atoms with Crippen molar-refractivity contribution in [1.29, 1.82) is 0 Å². The minimum absolute atomic E-state index is 0.0836. The molecule has 0 bridgehead atoms. The van der Waals surface area contributed by atoms with Gasteiger partial charge in [-0.05, 0) is 44.9 Å². The quantitative estimate of drug-likeness (QED) is 0.0245. The van der Waals surface area contributed by atoms with E-state index in [-0.39, 0.29) is 32.1 Å². The third-order valence-corrected chi connectivity index (χ3v) is 9.87. The van der Waals surface area contributed by atoms with Crippen LogP contribution in [0.4, 0.5) is 0 Å². The summed E-state index contributed by atoms with van der Waals surface area (Å²) < 4.78 is 26.7. The lowest BCUT2D eigenvalue weighted by Crippen LogP contribution is -2.27. The number of nitrogens with one attached hydrogen (secondary N) is 1. The molecule has 0 rings (SSSR count). The van der Waals surface area contributed by atoms with Crippen LogP contribution in [0, 0.1) is 0 Å². The molecule has 0 aliphatic rings. The fourth-order valence-corrected chi connectivity index (χ4v) is 6.46. The second-order valence-corrected chi connectivity index (χ2v) is 15.4. The highest BCUT2D eigenvalue weighted by molar-refractivity contribution is 7.47. The van der Waals surface area contributed by atoms with Gasteiger partial charge in [-0.15, -0.1) is 0 Å². The molecule has 0 aliphatic carbocycles. The number of hydrogen-bond donors (Lipinski definition) is 3. The van der Waals surface area contributed by atoms with Crippen molar-refractivity contribution in [2.45, 2.75) is 200 Å². The van der Waals surface area contributed by atoms with Crippen LogP contribution in [0.15, 0.2) is 24.3 Å². The largest absolute Gasteiger partial charge is 0.472 e. The zero-order valence-electron chi connectivity index (χ0n) is 32.8. The molecular formula is C41H78NO8P. The van der Waals surface area contributed by atoms with E-state index in [9.17, 15) is 24.2 Å². The highest BCUT2D eigenvalue weighted by Gasteiger charge is 2.23. The number of unbranched alkanes of at least 4 members (excludes halogenated alkanes) is 22. The molecule has 300 valence electrons. The van der Waals surface area contributed by atoms with E-state index in [1.54, 1.807) is 0 Å². The number of aliphatic hydroxyl groups is 1. The van der Waals surface area contributed by atoms with Gasteiger partial charge in [0.05, 0.1) is 13.2 Å². The average Bonchev–Trinajstić information content (AvgIpc) is 3.11. The van der Waals surface area contributed by atoms with Crippen molar-refractivity contribution >= 4 is 19.7 Å². The van der Waals surface area contributed by atoms with E-state index in [1.165, 1.54) is 122 Å². The maximum atomic E-state index is 12.1. The Morgan fingerprint density at radius 3 is 1.61 bits per heavy atom. The summed E-state index contributed by atoms with van der Waals surface area (Å²) in [5, 5.41) is 12.6. The fourth-order valence-electron chi connectivity index (χ4n) is 5.70. The summed E-state index contributed by atoms with van der Waals surface area (Å²) in [7, 11) is -4.40. The molecule has 0 aliphatic heterocycles. The number of carbonyl (C=O) groups excluding carboxylic acids is 2. The normalized spacial score (nSPS) is 13.6. The molecule has 0 saturated heterocycles. The van der Waals surface area contributed by atoms with Gasteiger partial charge in [-0.25, -0.2) is 4.57 Å². The van der Waals surface area contributed by atoms with Crippen molar-refractivity contribution in [3.63, 3.8) is 0 Å². The molecule has 0 spiro atoms. The first kappa shape index (κ1) is 49.5. The average molecular weight is 744 g/mol. The summed E-state index contributed by atoms with van der Waals surface area (Å²) in [6.07, 6.45) is 39.9. The highest BCUT2D eigenvalue weighted by Crippen LogP contribution is 2.42. The summed E-state index contributed by atoms with van der Waals surface area (Å²) in [6, 6.07) is 0. The molecule has 1 amide bonds. The summed E-state index contributed by atoms with van der Waals surface area (Å²) >= 11 is 0. The Labute approximate surface area is 312 Å². The van der Waals surface area contributed by atoms with E-state index in [2.05, 4.69) is 43.5 Å². The van der Waals surface area contributed by atoms with E-state index < -0.39 is 26.5 Å². The second-order valence-electron chi connectivity index (χ2n) is 14.0. The van der Waals surface area contributed by atoms with Crippen molar-refractivity contribution in [3.05, 3.63) is 24.3 Å². The molecule has 0 radical (unpaired) electrons. The van der Waals surface area contributed by atoms with E-state index in [0.29, 0.717) is 6.42 Å². The zero-order chi connectivity index (χ0) is 37.5. The van der Waals surface area contributed by atoms with E-state index >= 15 is 0 Å². The van der Waals surface area contributed by atoms with Crippen LogP contribution in [0.5, 0.6) is 0 Å². The maximum Gasteiger partial charge on any atom is 0.472 e. The Morgan fingerprint density at radius 1 is 0.608 bits per heavy atom. The molecule has 2 unspecified atom stereocenters. The lowest BCUT2D eigenvalue weighted by molar-refractivity contribution is -0.147. The third kappa shape index (κ3) is 39.5. The number of amides is 1. The van der Waals surface area contributed by atoms with Gasteiger partial charge in [0.2, 0.25) is 5.91 Å². The lowest BCUT2D eigenvalue weighted by Gasteiger charge is -2.15. The zero-order valence-corrected chi connectivity index (χ0v) is 33.7. The van der Waals surface area contributed by atoms with Crippen molar-refractivity contribution in [3.8, 4) is 0 Å². The third-order valence-electron chi connectivity index (χ3n) is 8.88. The minimum Gasteiger partial charge on any atom is -0.463 e. The van der Waals surface area contributed by atoms with Crippen LogP contribution in [0.25, 0.3) is 0 Å². The van der Waals surface area contributed by atoms with Crippen LogP contribution in [0.1, 0.15) is 194 Å². The van der Waals surface area contributed by atoms with Crippen molar-refractivity contribution in [2.75, 3.05) is 26.4 Å². The molecular weight excluding hydrogens is 665 g/mol. The van der Waals surface area contributed by atoms with Gasteiger partial charge in [-0.2, -0.15) is 0 Å². The van der Waals surface area contributed by atoms with Gasteiger partial charge in [0.25, 0.3) is 0 Å². The molecule has 0 aromatic heterocycles. The van der Waals surface area contributed by atoms with Crippen molar-refractivity contribution in [1.82, 2.24) is 5.32 Å². The van der Waals surface area contributed by atoms with Crippen LogP contribution in [-0.2, 0) is 27.9 Å². The van der Waals surface area contributed by atoms with Crippen LogP contribution in [0.3, 0.4) is 0 Å². The molecule has 0 saturated carbocycles. The second kappa shape index (κ2) is 38.2. The molecule has 2 atom stereocenters. The predicted octanol–water partition coefficient (Wildman–Crippen LogP) is 11.2. The first-order valence-electron chi connectivity index (χ1n) is 20.8. The molecule has 10 heteroatoms. The maximum absolute atomic E-state index is 12.1. The minimum atomic E-state index is -4.40. The molecule has 0 aromatic carbocycles. The molecule has 0 heterocycles. The Balaban J connectivity index is 3.52. The van der Waals surface area contributed by atoms with Gasteiger partial charge in [0.15, 0.2) is 0 Å². The van der Waals surface area contributed by atoms with Gasteiger partial charge in [0, 0.05) is 19.4 Å². The first-order chi connectivity index (χ1) is 24.8. The monoisotopic (exact) mass is 744 g/mol. The van der Waals surface area contributed by atoms with Crippen LogP contribution in [-0.4, -0.2) is 54.3 Å². The van der Waals surface area contributed by atoms with E-state index in [4.69, 9.17) is 13.8 Å². The standard InChI is InChI=1S/C41H78NO8P/c1-3-5-7-9-11-12-13-14-15-16-17-18-19-20-21-22-23-24-25-26-28-29-31-33-40(44)42-35-36-49-51(46,47)50-38-39(43)37-48-41(45)34-32-30-27-10-8-6-4-2/h11-12,14-15,39,43H,3-10,13,16-38H2,1-2H3,(H,42,44)(H,46,47)/b12-11-,15-14-.